The molecule has 75 valence electrons. The van der Waals surface area contributed by atoms with Crippen LogP contribution >= 0.6 is 0 Å². The van der Waals surface area contributed by atoms with Crippen LogP contribution in [0, 0.1) is 0 Å². The Hall–Kier alpha value is -1.40. The van der Waals surface area contributed by atoms with Gasteiger partial charge in [-0.1, -0.05) is 18.2 Å². The molecule has 2 N–H and O–H groups in total. The molecule has 0 heterocycles. The molecule has 1 rings (SSSR count). The summed E-state index contributed by atoms with van der Waals surface area (Å²) in [6.07, 6.45) is 1.49. The van der Waals surface area contributed by atoms with Crippen LogP contribution in [-0.2, 0) is 15.0 Å². The molecule has 0 amide bonds. The van der Waals surface area contributed by atoms with E-state index in [4.69, 9.17) is 5.14 Å². The lowest BCUT2D eigenvalue weighted by atomic mass is 10.3. The van der Waals surface area contributed by atoms with Gasteiger partial charge in [0.1, 0.15) is 6.54 Å². The smallest absolute Gasteiger partial charge is 0.289 e. The number of nitrogens with zero attached hydrogens (tertiary/aromatic N) is 1. The maximum absolute atomic E-state index is 11.0. The van der Waals surface area contributed by atoms with Crippen LogP contribution in [0.15, 0.2) is 30.3 Å². The van der Waals surface area contributed by atoms with Crippen molar-refractivity contribution in [1.29, 1.82) is 0 Å². The highest BCUT2D eigenvalue weighted by atomic mass is 32.2. The van der Waals surface area contributed by atoms with Gasteiger partial charge in [0.2, 0.25) is 6.29 Å². The molecule has 5 nitrogen and oxygen atoms in total. The third-order valence-corrected chi connectivity index (χ3v) is 2.51. The van der Waals surface area contributed by atoms with Gasteiger partial charge in [0.15, 0.2) is 0 Å². The summed E-state index contributed by atoms with van der Waals surface area (Å²) >= 11 is 0. The standard InChI is InChI=1S/C8H9N2O3S/c9-14(12,13)10(6-7-11)8-4-2-1-3-5-8/h1-5H,6H2,(H2,9,12,13). The van der Waals surface area contributed by atoms with Crippen molar-refractivity contribution in [3.05, 3.63) is 30.3 Å². The first kappa shape index (κ1) is 10.7. The van der Waals surface area contributed by atoms with Crippen molar-refractivity contribution in [2.45, 2.75) is 0 Å². The number of nitrogens with two attached hydrogens (primary N) is 1. The van der Waals surface area contributed by atoms with E-state index in [9.17, 15) is 13.2 Å². The second-order valence-electron chi connectivity index (χ2n) is 2.53. The molecular weight excluding hydrogens is 204 g/mol. The van der Waals surface area contributed by atoms with Crippen molar-refractivity contribution in [3.8, 4) is 0 Å². The minimum atomic E-state index is -3.91. The predicted octanol–water partition coefficient (Wildman–Crippen LogP) is -0.194. The Morgan fingerprint density at radius 3 is 2.29 bits per heavy atom. The first-order valence-corrected chi connectivity index (χ1v) is 5.26. The molecule has 0 unspecified atom stereocenters. The lowest BCUT2D eigenvalue weighted by Gasteiger charge is -2.18. The van der Waals surface area contributed by atoms with Crippen molar-refractivity contribution < 1.29 is 13.2 Å². The maximum atomic E-state index is 11.0. The summed E-state index contributed by atoms with van der Waals surface area (Å²) in [5.74, 6) is 0. The SMILES string of the molecule is NS(=O)(=O)N(C[C]=O)c1ccccc1. The number of rotatable bonds is 4. The van der Waals surface area contributed by atoms with Gasteiger partial charge in [0.25, 0.3) is 10.2 Å². The van der Waals surface area contributed by atoms with E-state index in [0.29, 0.717) is 5.69 Å². The van der Waals surface area contributed by atoms with Gasteiger partial charge in [-0.2, -0.15) is 8.42 Å². The molecule has 1 aromatic rings. The number of benzene rings is 1. The van der Waals surface area contributed by atoms with Gasteiger partial charge in [-0.3, -0.25) is 9.10 Å². The van der Waals surface area contributed by atoms with Gasteiger partial charge in [-0.05, 0) is 12.1 Å². The van der Waals surface area contributed by atoms with E-state index in [0.717, 1.165) is 4.31 Å². The van der Waals surface area contributed by atoms with Crippen LogP contribution in [0.3, 0.4) is 0 Å². The largest absolute Gasteiger partial charge is 0.299 e. The number of hydrogen-bond acceptors (Lipinski definition) is 3. The van der Waals surface area contributed by atoms with E-state index in [-0.39, 0.29) is 0 Å². The van der Waals surface area contributed by atoms with Crippen LogP contribution < -0.4 is 9.44 Å². The molecule has 0 fully saturated rings. The van der Waals surface area contributed by atoms with Gasteiger partial charge in [-0.15, -0.1) is 0 Å². The molecule has 1 radical (unpaired) electrons. The van der Waals surface area contributed by atoms with Gasteiger partial charge >= 0.3 is 0 Å². The Labute approximate surface area is 82.3 Å². The Balaban J connectivity index is 3.07. The van der Waals surface area contributed by atoms with E-state index in [2.05, 4.69) is 0 Å². The number of anilines is 1. The fourth-order valence-electron chi connectivity index (χ4n) is 0.981. The summed E-state index contributed by atoms with van der Waals surface area (Å²) in [5.41, 5.74) is 0.346. The fraction of sp³-hybridized carbons (Fsp3) is 0.125. The van der Waals surface area contributed by atoms with Gasteiger partial charge in [-0.25, -0.2) is 5.14 Å². The molecule has 0 bridgehead atoms. The Kier molecular flexibility index (Phi) is 3.21. The molecule has 0 saturated carbocycles. The Bertz CT molecular complexity index is 402. The van der Waals surface area contributed by atoms with Crippen LogP contribution in [0.4, 0.5) is 5.69 Å². The second kappa shape index (κ2) is 4.21. The molecule has 0 aliphatic carbocycles. The summed E-state index contributed by atoms with van der Waals surface area (Å²) in [7, 11) is -3.91. The lowest BCUT2D eigenvalue weighted by molar-refractivity contribution is 0.554. The van der Waals surface area contributed by atoms with Crippen LogP contribution in [0.25, 0.3) is 0 Å². The Morgan fingerprint density at radius 1 is 1.29 bits per heavy atom. The molecule has 0 saturated heterocycles. The summed E-state index contributed by atoms with van der Waals surface area (Å²) < 4.78 is 22.9. The molecule has 14 heavy (non-hydrogen) atoms. The quantitative estimate of drug-likeness (QED) is 0.752. The zero-order valence-electron chi connectivity index (χ0n) is 7.25. The molecule has 0 aromatic heterocycles. The molecule has 0 spiro atoms. The van der Waals surface area contributed by atoms with E-state index in [1.54, 1.807) is 30.3 Å². The highest BCUT2D eigenvalue weighted by Gasteiger charge is 2.16. The first-order chi connectivity index (χ1) is 6.55. The normalized spacial score (nSPS) is 10.9. The number of para-hydroxylation sites is 1. The van der Waals surface area contributed by atoms with Crippen LogP contribution in [0.2, 0.25) is 0 Å². The molecule has 0 atom stereocenters. The average Bonchev–Trinajstić information content (AvgIpc) is 2.14. The van der Waals surface area contributed by atoms with Crippen LogP contribution in [-0.4, -0.2) is 21.2 Å². The van der Waals surface area contributed by atoms with E-state index >= 15 is 0 Å². The average molecular weight is 213 g/mol. The summed E-state index contributed by atoms with van der Waals surface area (Å²) in [6, 6.07) is 8.12. The zero-order valence-corrected chi connectivity index (χ0v) is 8.07. The second-order valence-corrected chi connectivity index (χ2v) is 4.00. The van der Waals surface area contributed by atoms with E-state index in [1.165, 1.54) is 6.29 Å². The molecule has 1 aromatic carbocycles. The summed E-state index contributed by atoms with van der Waals surface area (Å²) in [4.78, 5) is 10.1. The van der Waals surface area contributed by atoms with E-state index < -0.39 is 16.8 Å². The molecular formula is C8H9N2O3S. The van der Waals surface area contributed by atoms with Crippen molar-refractivity contribution in [3.63, 3.8) is 0 Å². The zero-order chi connectivity index (χ0) is 10.6. The van der Waals surface area contributed by atoms with E-state index in [1.807, 2.05) is 0 Å². The number of hydrogen-bond donors (Lipinski definition) is 1. The van der Waals surface area contributed by atoms with Crippen LogP contribution in [0.5, 0.6) is 0 Å². The minimum Gasteiger partial charge on any atom is -0.289 e. The fourth-order valence-corrected chi connectivity index (χ4v) is 1.63. The third-order valence-electron chi connectivity index (χ3n) is 1.56. The topological polar surface area (TPSA) is 80.5 Å². The maximum Gasteiger partial charge on any atom is 0.299 e. The van der Waals surface area contributed by atoms with Crippen molar-refractivity contribution in [1.82, 2.24) is 0 Å². The van der Waals surface area contributed by atoms with Crippen LogP contribution in [0.1, 0.15) is 0 Å². The summed E-state index contributed by atoms with van der Waals surface area (Å²) in [6.45, 7) is -0.400. The predicted molar refractivity (Wildman–Crippen MR) is 52.6 cm³/mol. The van der Waals surface area contributed by atoms with Crippen molar-refractivity contribution in [2.24, 2.45) is 5.14 Å². The van der Waals surface area contributed by atoms with Gasteiger partial charge in [0, 0.05) is 0 Å². The summed E-state index contributed by atoms with van der Waals surface area (Å²) in [5, 5.41) is 4.92. The molecule has 0 aliphatic heterocycles. The third kappa shape index (κ3) is 2.54. The molecule has 6 heteroatoms. The van der Waals surface area contributed by atoms with Crippen molar-refractivity contribution in [2.75, 3.05) is 10.8 Å². The van der Waals surface area contributed by atoms with Gasteiger partial charge in [0.05, 0.1) is 5.69 Å². The Morgan fingerprint density at radius 2 is 1.86 bits per heavy atom. The monoisotopic (exact) mass is 213 g/mol. The lowest BCUT2D eigenvalue weighted by Crippen LogP contribution is -2.37. The highest BCUT2D eigenvalue weighted by molar-refractivity contribution is 7.90. The van der Waals surface area contributed by atoms with Crippen molar-refractivity contribution >= 4 is 22.2 Å². The highest BCUT2D eigenvalue weighted by Crippen LogP contribution is 2.14. The molecule has 0 aliphatic rings. The van der Waals surface area contributed by atoms with Gasteiger partial charge < -0.3 is 0 Å². The first-order valence-electron chi connectivity index (χ1n) is 3.76. The number of carbonyl (C=O) groups excluding carboxylic acids is 1. The minimum absolute atomic E-state index is 0.346.